The van der Waals surface area contributed by atoms with E-state index in [2.05, 4.69) is 10.3 Å². The fourth-order valence-electron chi connectivity index (χ4n) is 2.23. The van der Waals surface area contributed by atoms with E-state index in [4.69, 9.17) is 4.42 Å². The molecule has 0 radical (unpaired) electrons. The third-order valence-corrected chi connectivity index (χ3v) is 3.35. The van der Waals surface area contributed by atoms with Crippen molar-refractivity contribution in [1.29, 1.82) is 0 Å². The highest BCUT2D eigenvalue weighted by Crippen LogP contribution is 2.14. The Kier molecular flexibility index (Phi) is 3.31. The van der Waals surface area contributed by atoms with E-state index in [0.717, 1.165) is 16.5 Å². The second-order valence-corrected chi connectivity index (χ2v) is 4.82. The summed E-state index contributed by atoms with van der Waals surface area (Å²) in [5.74, 6) is -0.119. The number of furan rings is 1. The lowest BCUT2D eigenvalue weighted by molar-refractivity contribution is 0.0923. The summed E-state index contributed by atoms with van der Waals surface area (Å²) >= 11 is 0. The van der Waals surface area contributed by atoms with Crippen LogP contribution in [0.15, 0.2) is 51.9 Å². The Balaban J connectivity index is 1.86. The summed E-state index contributed by atoms with van der Waals surface area (Å²) in [6.45, 7) is 2.09. The maximum atomic E-state index is 12.1. The number of carbonyl (C=O) groups is 1. The number of fused-ring (bicyclic) bond motifs is 1. The highest BCUT2D eigenvalue weighted by Gasteiger charge is 2.10. The summed E-state index contributed by atoms with van der Waals surface area (Å²) in [5.41, 5.74) is 2.14. The molecule has 0 aliphatic rings. The third-order valence-electron chi connectivity index (χ3n) is 3.35. The number of para-hydroxylation sites is 1. The summed E-state index contributed by atoms with van der Waals surface area (Å²) in [4.78, 5) is 26.7. The van der Waals surface area contributed by atoms with Gasteiger partial charge in [-0.15, -0.1) is 0 Å². The lowest BCUT2D eigenvalue weighted by atomic mass is 10.1. The highest BCUT2D eigenvalue weighted by atomic mass is 16.3. The van der Waals surface area contributed by atoms with E-state index in [0.29, 0.717) is 5.56 Å². The summed E-state index contributed by atoms with van der Waals surface area (Å²) in [7, 11) is 0. The Morgan fingerprint density at radius 2 is 2.14 bits per heavy atom. The van der Waals surface area contributed by atoms with Crippen LogP contribution in [0.25, 0.3) is 10.9 Å². The molecular weight excluding hydrogens is 268 g/mol. The molecule has 5 nitrogen and oxygen atoms in total. The molecule has 0 bridgehead atoms. The van der Waals surface area contributed by atoms with Gasteiger partial charge in [-0.25, -0.2) is 0 Å². The van der Waals surface area contributed by atoms with Crippen molar-refractivity contribution in [2.24, 2.45) is 0 Å². The topological polar surface area (TPSA) is 75.1 Å². The average molecular weight is 282 g/mol. The van der Waals surface area contributed by atoms with Gasteiger partial charge in [0, 0.05) is 12.1 Å². The minimum absolute atomic E-state index is 0.152. The van der Waals surface area contributed by atoms with Gasteiger partial charge in [-0.2, -0.15) is 0 Å². The van der Waals surface area contributed by atoms with Crippen LogP contribution >= 0.6 is 0 Å². The Hall–Kier alpha value is -2.82. The van der Waals surface area contributed by atoms with Crippen LogP contribution in [-0.2, 0) is 6.54 Å². The predicted octanol–water partition coefficient (Wildman–Crippen LogP) is 2.36. The van der Waals surface area contributed by atoms with E-state index in [-0.39, 0.29) is 23.8 Å². The fourth-order valence-corrected chi connectivity index (χ4v) is 2.23. The molecule has 1 aromatic carbocycles. The van der Waals surface area contributed by atoms with E-state index in [9.17, 15) is 9.59 Å². The first-order valence-corrected chi connectivity index (χ1v) is 6.58. The molecule has 2 heterocycles. The molecule has 0 saturated heterocycles. The molecule has 0 saturated carbocycles. The fraction of sp³-hybridized carbons (Fsp3) is 0.125. The van der Waals surface area contributed by atoms with Crippen LogP contribution in [0.4, 0.5) is 0 Å². The quantitative estimate of drug-likeness (QED) is 0.774. The van der Waals surface area contributed by atoms with Gasteiger partial charge in [0.15, 0.2) is 5.76 Å². The van der Waals surface area contributed by atoms with Gasteiger partial charge in [0.05, 0.1) is 11.8 Å². The number of hydrogen-bond donors (Lipinski definition) is 2. The molecule has 106 valence electrons. The summed E-state index contributed by atoms with van der Waals surface area (Å²) in [5, 5.41) is 3.61. The number of aromatic amines is 1. The molecule has 1 amide bonds. The lowest BCUT2D eigenvalue weighted by Crippen LogP contribution is -2.26. The second kappa shape index (κ2) is 5.28. The van der Waals surface area contributed by atoms with E-state index >= 15 is 0 Å². The summed E-state index contributed by atoms with van der Waals surface area (Å²) in [6, 6.07) is 10.8. The van der Waals surface area contributed by atoms with E-state index in [1.165, 1.54) is 6.26 Å². The lowest BCUT2D eigenvalue weighted by Gasteiger charge is -2.06. The van der Waals surface area contributed by atoms with Crippen LogP contribution in [-0.4, -0.2) is 10.9 Å². The van der Waals surface area contributed by atoms with Crippen molar-refractivity contribution in [3.05, 3.63) is 69.9 Å². The normalized spacial score (nSPS) is 10.7. The smallest absolute Gasteiger partial charge is 0.287 e. The van der Waals surface area contributed by atoms with E-state index < -0.39 is 0 Å². The van der Waals surface area contributed by atoms with Gasteiger partial charge < -0.3 is 14.7 Å². The second-order valence-electron chi connectivity index (χ2n) is 4.82. The number of benzene rings is 1. The van der Waals surface area contributed by atoms with Gasteiger partial charge in [0.1, 0.15) is 0 Å². The zero-order chi connectivity index (χ0) is 14.8. The van der Waals surface area contributed by atoms with Crippen molar-refractivity contribution in [2.75, 3.05) is 0 Å². The number of aromatic nitrogens is 1. The number of nitrogens with one attached hydrogen (secondary N) is 2. The van der Waals surface area contributed by atoms with E-state index in [1.807, 2.05) is 25.1 Å². The average Bonchev–Trinajstić information content (AvgIpc) is 3.00. The monoisotopic (exact) mass is 282 g/mol. The van der Waals surface area contributed by atoms with Crippen LogP contribution in [0.3, 0.4) is 0 Å². The molecule has 0 aliphatic heterocycles. The zero-order valence-electron chi connectivity index (χ0n) is 11.5. The van der Waals surface area contributed by atoms with Gasteiger partial charge in [-0.05, 0) is 36.1 Å². The van der Waals surface area contributed by atoms with Crippen molar-refractivity contribution in [3.8, 4) is 0 Å². The van der Waals surface area contributed by atoms with Gasteiger partial charge >= 0.3 is 0 Å². The van der Waals surface area contributed by atoms with Crippen LogP contribution < -0.4 is 10.9 Å². The molecule has 0 spiro atoms. The number of carbonyl (C=O) groups excluding carboxylic acids is 1. The van der Waals surface area contributed by atoms with Gasteiger partial charge in [0.2, 0.25) is 0 Å². The predicted molar refractivity (Wildman–Crippen MR) is 79.2 cm³/mol. The number of aryl methyl sites for hydroxylation is 1. The van der Waals surface area contributed by atoms with Crippen LogP contribution in [0.1, 0.15) is 21.7 Å². The third kappa shape index (κ3) is 2.58. The molecule has 2 aromatic heterocycles. The molecule has 3 aromatic rings. The maximum Gasteiger partial charge on any atom is 0.287 e. The number of pyridine rings is 1. The number of amides is 1. The molecule has 3 rings (SSSR count). The number of rotatable bonds is 3. The molecule has 21 heavy (non-hydrogen) atoms. The van der Waals surface area contributed by atoms with Crippen molar-refractivity contribution in [2.45, 2.75) is 13.5 Å². The van der Waals surface area contributed by atoms with E-state index in [1.54, 1.807) is 18.2 Å². The minimum Gasteiger partial charge on any atom is -0.459 e. The first-order chi connectivity index (χ1) is 10.1. The Morgan fingerprint density at radius 1 is 1.29 bits per heavy atom. The molecule has 0 unspecified atom stereocenters. The molecule has 0 fully saturated rings. The summed E-state index contributed by atoms with van der Waals surface area (Å²) < 4.78 is 5.00. The van der Waals surface area contributed by atoms with Crippen molar-refractivity contribution in [1.82, 2.24) is 10.3 Å². The SMILES string of the molecule is Cc1cccc2cc(CNC(=O)c3ccco3)c(=O)[nH]c12. The molecule has 5 heteroatoms. The Labute approximate surface area is 120 Å². The highest BCUT2D eigenvalue weighted by molar-refractivity contribution is 5.91. The van der Waals surface area contributed by atoms with Gasteiger partial charge in [0.25, 0.3) is 11.5 Å². The number of H-pyrrole nitrogens is 1. The Bertz CT molecular complexity index is 848. The zero-order valence-corrected chi connectivity index (χ0v) is 11.5. The van der Waals surface area contributed by atoms with Crippen LogP contribution in [0.2, 0.25) is 0 Å². The van der Waals surface area contributed by atoms with Gasteiger partial charge in [-0.1, -0.05) is 18.2 Å². The molecule has 2 N–H and O–H groups in total. The minimum atomic E-state index is -0.344. The van der Waals surface area contributed by atoms with Crippen LogP contribution in [0, 0.1) is 6.92 Å². The van der Waals surface area contributed by atoms with Crippen LogP contribution in [0.5, 0.6) is 0 Å². The standard InChI is InChI=1S/C16H14N2O3/c1-10-4-2-5-11-8-12(15(19)18-14(10)11)9-17-16(20)13-6-3-7-21-13/h2-8H,9H2,1H3,(H,17,20)(H,18,19). The molecular formula is C16H14N2O3. The maximum absolute atomic E-state index is 12.1. The first kappa shape index (κ1) is 13.2. The van der Waals surface area contributed by atoms with Crippen molar-refractivity contribution < 1.29 is 9.21 Å². The summed E-state index contributed by atoms with van der Waals surface area (Å²) in [6.07, 6.45) is 1.43. The molecule has 0 aliphatic carbocycles. The molecule has 0 atom stereocenters. The first-order valence-electron chi connectivity index (χ1n) is 6.58. The number of hydrogen-bond acceptors (Lipinski definition) is 3. The van der Waals surface area contributed by atoms with Crippen molar-refractivity contribution >= 4 is 16.8 Å². The van der Waals surface area contributed by atoms with Crippen molar-refractivity contribution in [3.63, 3.8) is 0 Å². The van der Waals surface area contributed by atoms with Gasteiger partial charge in [-0.3, -0.25) is 9.59 Å². The Morgan fingerprint density at radius 3 is 2.90 bits per heavy atom. The largest absolute Gasteiger partial charge is 0.459 e.